The van der Waals surface area contributed by atoms with Crippen LogP contribution >= 0.6 is 0 Å². The maximum Gasteiger partial charge on any atom is 0.229 e. The zero-order valence-electron chi connectivity index (χ0n) is 11.2. The Bertz CT molecular complexity index is 503. The summed E-state index contributed by atoms with van der Waals surface area (Å²) in [6.07, 6.45) is -7.08. The van der Waals surface area contributed by atoms with Crippen molar-refractivity contribution in [1.29, 1.82) is 0 Å². The fraction of sp³-hybridized carbons (Fsp3) is 0.538. The Balaban J connectivity index is 2.22. The number of rotatable bonds is 3. The molecule has 1 aliphatic rings. The summed E-state index contributed by atoms with van der Waals surface area (Å²) in [5.74, 6) is -0.427. The lowest BCUT2D eigenvalue weighted by molar-refractivity contribution is -0.277. The van der Waals surface area contributed by atoms with Crippen LogP contribution in [0, 0.1) is 6.92 Å². The topological polar surface area (TPSA) is 140 Å². The zero-order valence-corrected chi connectivity index (χ0v) is 11.2. The number of aromatic hydroxyl groups is 2. The van der Waals surface area contributed by atoms with Crippen LogP contribution in [0.25, 0.3) is 0 Å². The van der Waals surface area contributed by atoms with Gasteiger partial charge in [-0.15, -0.1) is 0 Å². The van der Waals surface area contributed by atoms with E-state index in [9.17, 15) is 25.5 Å². The second-order valence-corrected chi connectivity index (χ2v) is 4.90. The summed E-state index contributed by atoms with van der Waals surface area (Å²) in [5.41, 5.74) is 0.296. The van der Waals surface area contributed by atoms with Gasteiger partial charge in [-0.25, -0.2) is 0 Å². The Labute approximate surface area is 120 Å². The zero-order chi connectivity index (χ0) is 15.7. The molecule has 0 saturated carbocycles. The minimum Gasteiger partial charge on any atom is -0.508 e. The van der Waals surface area contributed by atoms with E-state index in [1.807, 2.05) is 0 Å². The average molecular weight is 302 g/mol. The molecule has 1 aromatic rings. The minimum absolute atomic E-state index is 0.0387. The van der Waals surface area contributed by atoms with Crippen LogP contribution in [-0.2, 0) is 4.74 Å². The van der Waals surface area contributed by atoms with Gasteiger partial charge in [-0.1, -0.05) is 0 Å². The lowest BCUT2D eigenvalue weighted by Crippen LogP contribution is -2.60. The molecule has 1 saturated heterocycles. The predicted molar refractivity (Wildman–Crippen MR) is 68.9 cm³/mol. The fourth-order valence-corrected chi connectivity index (χ4v) is 2.07. The molecule has 8 nitrogen and oxygen atoms in total. The number of ether oxygens (including phenoxy) is 2. The van der Waals surface area contributed by atoms with Gasteiger partial charge in [-0.05, 0) is 6.92 Å². The molecule has 8 heteroatoms. The highest BCUT2D eigenvalue weighted by Gasteiger charge is 2.44. The van der Waals surface area contributed by atoms with Gasteiger partial charge in [-0.2, -0.15) is 0 Å². The maximum absolute atomic E-state index is 9.85. The molecule has 1 heterocycles. The third-order valence-corrected chi connectivity index (χ3v) is 3.41. The van der Waals surface area contributed by atoms with E-state index < -0.39 is 37.3 Å². The standard InChI is InChI=1S/C13H18O8/c1-5-7(16)2-6(15)3-8(5)20-13-12(19)11(18)10(17)9(4-14)21-13/h2-3,9-19H,4H2,1H3/t9-,10-,11+,12-,13-/m1/s1. The summed E-state index contributed by atoms with van der Waals surface area (Å²) < 4.78 is 10.5. The molecule has 1 aliphatic heterocycles. The fourth-order valence-electron chi connectivity index (χ4n) is 2.07. The van der Waals surface area contributed by atoms with E-state index in [1.165, 1.54) is 13.0 Å². The van der Waals surface area contributed by atoms with E-state index in [1.54, 1.807) is 0 Å². The van der Waals surface area contributed by atoms with Crippen molar-refractivity contribution in [3.63, 3.8) is 0 Å². The van der Waals surface area contributed by atoms with Crippen LogP contribution in [0.3, 0.4) is 0 Å². The largest absolute Gasteiger partial charge is 0.508 e. The van der Waals surface area contributed by atoms with Crippen LogP contribution in [-0.4, -0.2) is 68.0 Å². The molecule has 1 aromatic carbocycles. The van der Waals surface area contributed by atoms with E-state index in [2.05, 4.69) is 0 Å². The molecule has 0 aromatic heterocycles. The van der Waals surface area contributed by atoms with Crippen LogP contribution in [0.1, 0.15) is 5.56 Å². The predicted octanol–water partition coefficient (Wildman–Crippen LogP) is -1.42. The van der Waals surface area contributed by atoms with Crippen molar-refractivity contribution in [2.24, 2.45) is 0 Å². The van der Waals surface area contributed by atoms with Crippen LogP contribution < -0.4 is 4.74 Å². The number of hydrogen-bond donors (Lipinski definition) is 6. The Hall–Kier alpha value is -1.58. The second-order valence-electron chi connectivity index (χ2n) is 4.90. The van der Waals surface area contributed by atoms with Crippen LogP contribution in [0.2, 0.25) is 0 Å². The first-order chi connectivity index (χ1) is 9.85. The summed E-state index contributed by atoms with van der Waals surface area (Å²) in [7, 11) is 0. The molecule has 1 fully saturated rings. The van der Waals surface area contributed by atoms with Crippen molar-refractivity contribution in [3.05, 3.63) is 17.7 Å². The van der Waals surface area contributed by atoms with Crippen molar-refractivity contribution in [1.82, 2.24) is 0 Å². The minimum atomic E-state index is -1.56. The van der Waals surface area contributed by atoms with Gasteiger partial charge in [-0.3, -0.25) is 0 Å². The highest BCUT2D eigenvalue weighted by atomic mass is 16.7. The molecule has 5 atom stereocenters. The van der Waals surface area contributed by atoms with Crippen molar-refractivity contribution < 1.29 is 40.1 Å². The molecule has 0 radical (unpaired) electrons. The highest BCUT2D eigenvalue weighted by Crippen LogP contribution is 2.34. The summed E-state index contributed by atoms with van der Waals surface area (Å²) in [6, 6.07) is 2.33. The van der Waals surface area contributed by atoms with Crippen molar-refractivity contribution >= 4 is 0 Å². The quantitative estimate of drug-likeness (QED) is 0.400. The molecule has 2 rings (SSSR count). The Morgan fingerprint density at radius 1 is 1.10 bits per heavy atom. The smallest absolute Gasteiger partial charge is 0.229 e. The van der Waals surface area contributed by atoms with Gasteiger partial charge in [0.05, 0.1) is 6.61 Å². The van der Waals surface area contributed by atoms with Gasteiger partial charge in [0.1, 0.15) is 41.7 Å². The normalized spacial score (nSPS) is 32.9. The van der Waals surface area contributed by atoms with E-state index in [0.717, 1.165) is 6.07 Å². The summed E-state index contributed by atoms with van der Waals surface area (Å²) in [4.78, 5) is 0. The van der Waals surface area contributed by atoms with E-state index in [-0.39, 0.29) is 17.2 Å². The van der Waals surface area contributed by atoms with E-state index in [4.69, 9.17) is 14.6 Å². The first kappa shape index (κ1) is 15.8. The number of hydrogen-bond acceptors (Lipinski definition) is 8. The number of aliphatic hydroxyl groups is 4. The lowest BCUT2D eigenvalue weighted by atomic mass is 9.99. The first-order valence-electron chi connectivity index (χ1n) is 6.35. The van der Waals surface area contributed by atoms with Gasteiger partial charge >= 0.3 is 0 Å². The Morgan fingerprint density at radius 2 is 1.76 bits per heavy atom. The molecule has 0 bridgehead atoms. The third kappa shape index (κ3) is 3.04. The van der Waals surface area contributed by atoms with Gasteiger partial charge < -0.3 is 40.1 Å². The summed E-state index contributed by atoms with van der Waals surface area (Å²) in [6.45, 7) is 0.948. The molecule has 21 heavy (non-hydrogen) atoms. The molecule has 0 amide bonds. The second kappa shape index (κ2) is 6.04. The Morgan fingerprint density at radius 3 is 2.38 bits per heavy atom. The van der Waals surface area contributed by atoms with Gasteiger partial charge in [0, 0.05) is 17.7 Å². The number of benzene rings is 1. The molecular formula is C13H18O8. The van der Waals surface area contributed by atoms with E-state index in [0.29, 0.717) is 5.56 Å². The monoisotopic (exact) mass is 302 g/mol. The summed E-state index contributed by atoms with van der Waals surface area (Å²) >= 11 is 0. The van der Waals surface area contributed by atoms with Gasteiger partial charge in [0.2, 0.25) is 6.29 Å². The summed E-state index contributed by atoms with van der Waals surface area (Å²) in [5, 5.41) is 57.3. The molecule has 118 valence electrons. The Kier molecular flexibility index (Phi) is 4.55. The number of phenolic OH excluding ortho intramolecular Hbond substituents is 2. The average Bonchev–Trinajstić information content (AvgIpc) is 2.44. The molecule has 0 aliphatic carbocycles. The third-order valence-electron chi connectivity index (χ3n) is 3.41. The molecular weight excluding hydrogens is 284 g/mol. The highest BCUT2D eigenvalue weighted by molar-refractivity contribution is 5.48. The molecule has 6 N–H and O–H groups in total. The van der Waals surface area contributed by atoms with Crippen molar-refractivity contribution in [3.8, 4) is 17.2 Å². The number of aliphatic hydroxyl groups excluding tert-OH is 4. The van der Waals surface area contributed by atoms with Crippen LogP contribution in [0.15, 0.2) is 12.1 Å². The maximum atomic E-state index is 9.85. The van der Waals surface area contributed by atoms with E-state index >= 15 is 0 Å². The van der Waals surface area contributed by atoms with Crippen LogP contribution in [0.5, 0.6) is 17.2 Å². The SMILES string of the molecule is Cc1c(O)cc(O)cc1O[C@@H]1O[C@H](CO)[C@@H](O)[C@H](O)[C@H]1O. The lowest BCUT2D eigenvalue weighted by Gasteiger charge is -2.39. The molecule has 0 spiro atoms. The van der Waals surface area contributed by atoms with Crippen LogP contribution in [0.4, 0.5) is 0 Å². The van der Waals surface area contributed by atoms with Crippen molar-refractivity contribution in [2.45, 2.75) is 37.6 Å². The first-order valence-corrected chi connectivity index (χ1v) is 6.35. The van der Waals surface area contributed by atoms with Crippen molar-refractivity contribution in [2.75, 3.05) is 6.61 Å². The van der Waals surface area contributed by atoms with Gasteiger partial charge in [0.15, 0.2) is 0 Å². The van der Waals surface area contributed by atoms with Gasteiger partial charge in [0.25, 0.3) is 0 Å². The number of phenols is 2. The molecule has 0 unspecified atom stereocenters.